The number of likely N-dealkylation sites (N-methyl/N-ethyl adjacent to an activating group) is 1. The number of nitriles is 1. The van der Waals surface area contributed by atoms with Crippen LogP contribution in [0.4, 0.5) is 0 Å². The summed E-state index contributed by atoms with van der Waals surface area (Å²) in [5, 5.41) is 17.0. The lowest BCUT2D eigenvalue weighted by atomic mass is 10.0. The van der Waals surface area contributed by atoms with Crippen LogP contribution in [0.3, 0.4) is 0 Å². The SMILES string of the molecule is C=C(Cc1cc(-c2ccc(C)c(C#N)c2)nn1C)N(C)C(=C)NCC. The molecule has 0 aliphatic carbocycles. The topological polar surface area (TPSA) is 56.9 Å². The van der Waals surface area contributed by atoms with Crippen molar-refractivity contribution < 1.29 is 0 Å². The summed E-state index contributed by atoms with van der Waals surface area (Å²) in [5.74, 6) is 0.826. The minimum Gasteiger partial charge on any atom is -0.372 e. The molecule has 5 nitrogen and oxygen atoms in total. The lowest BCUT2D eigenvalue weighted by molar-refractivity contribution is 0.462. The number of rotatable bonds is 7. The van der Waals surface area contributed by atoms with Gasteiger partial charge in [0.05, 0.1) is 23.1 Å². The van der Waals surface area contributed by atoms with Crippen LogP contribution in [-0.4, -0.2) is 28.3 Å². The van der Waals surface area contributed by atoms with E-state index >= 15 is 0 Å². The maximum absolute atomic E-state index is 9.22. The number of hydrogen-bond donors (Lipinski definition) is 1. The van der Waals surface area contributed by atoms with Crippen LogP contribution < -0.4 is 5.32 Å². The van der Waals surface area contributed by atoms with E-state index in [2.05, 4.69) is 29.6 Å². The Bertz CT molecular complexity index is 838. The highest BCUT2D eigenvalue weighted by Crippen LogP contribution is 2.23. The number of nitrogens with one attached hydrogen (secondary N) is 1. The van der Waals surface area contributed by atoms with Crippen molar-refractivity contribution >= 4 is 0 Å². The Labute approximate surface area is 149 Å². The summed E-state index contributed by atoms with van der Waals surface area (Å²) >= 11 is 0. The van der Waals surface area contributed by atoms with Gasteiger partial charge in [0.2, 0.25) is 0 Å². The van der Waals surface area contributed by atoms with Gasteiger partial charge in [0.15, 0.2) is 0 Å². The predicted molar refractivity (Wildman–Crippen MR) is 102 cm³/mol. The average Bonchev–Trinajstić information content (AvgIpc) is 2.95. The number of nitrogens with zero attached hydrogens (tertiary/aromatic N) is 4. The molecular weight excluding hydrogens is 310 g/mol. The first-order valence-electron chi connectivity index (χ1n) is 8.25. The van der Waals surface area contributed by atoms with Crippen LogP contribution in [0.25, 0.3) is 11.3 Å². The second-order valence-corrected chi connectivity index (χ2v) is 6.07. The van der Waals surface area contributed by atoms with Crippen molar-refractivity contribution in [2.24, 2.45) is 7.05 Å². The Kier molecular flexibility index (Phi) is 5.66. The fraction of sp³-hybridized carbons (Fsp3) is 0.300. The molecule has 0 aliphatic rings. The van der Waals surface area contributed by atoms with Crippen LogP contribution in [0, 0.1) is 18.3 Å². The van der Waals surface area contributed by atoms with Crippen LogP contribution in [0.15, 0.2) is 48.9 Å². The lowest BCUT2D eigenvalue weighted by Crippen LogP contribution is -2.27. The number of benzene rings is 1. The molecule has 1 N–H and O–H groups in total. The zero-order valence-corrected chi connectivity index (χ0v) is 15.4. The van der Waals surface area contributed by atoms with E-state index in [9.17, 15) is 5.26 Å². The molecule has 0 atom stereocenters. The number of allylic oxidation sites excluding steroid dienone is 1. The molecule has 5 heteroatoms. The zero-order valence-electron chi connectivity index (χ0n) is 15.4. The molecule has 1 aromatic heterocycles. The third-order valence-corrected chi connectivity index (χ3v) is 4.28. The molecule has 0 bridgehead atoms. The second-order valence-electron chi connectivity index (χ2n) is 6.07. The molecule has 0 saturated heterocycles. The molecule has 2 aromatic rings. The fourth-order valence-corrected chi connectivity index (χ4v) is 2.56. The minimum atomic E-state index is 0.668. The van der Waals surface area contributed by atoms with Crippen molar-refractivity contribution in [1.82, 2.24) is 20.0 Å². The molecule has 1 heterocycles. The van der Waals surface area contributed by atoms with Gasteiger partial charge < -0.3 is 10.2 Å². The zero-order chi connectivity index (χ0) is 18.6. The van der Waals surface area contributed by atoms with Gasteiger partial charge in [-0.2, -0.15) is 10.4 Å². The van der Waals surface area contributed by atoms with E-state index in [0.29, 0.717) is 12.0 Å². The van der Waals surface area contributed by atoms with Crippen molar-refractivity contribution in [3.63, 3.8) is 0 Å². The number of aromatic nitrogens is 2. The molecule has 0 amide bonds. The highest BCUT2D eigenvalue weighted by atomic mass is 15.3. The quantitative estimate of drug-likeness (QED) is 0.843. The first kappa shape index (κ1) is 18.3. The summed E-state index contributed by atoms with van der Waals surface area (Å²) in [6.45, 7) is 13.0. The smallest absolute Gasteiger partial charge is 0.0994 e. The fourth-order valence-electron chi connectivity index (χ4n) is 2.56. The predicted octanol–water partition coefficient (Wildman–Crippen LogP) is 3.34. The van der Waals surface area contributed by atoms with Gasteiger partial charge in [-0.25, -0.2) is 0 Å². The molecule has 0 fully saturated rings. The van der Waals surface area contributed by atoms with E-state index in [1.165, 1.54) is 0 Å². The third kappa shape index (κ3) is 4.10. The molecular formula is C20H25N5. The highest BCUT2D eigenvalue weighted by molar-refractivity contribution is 5.63. The highest BCUT2D eigenvalue weighted by Gasteiger charge is 2.12. The molecule has 1 aromatic carbocycles. The van der Waals surface area contributed by atoms with Crippen molar-refractivity contribution in [3.8, 4) is 17.3 Å². The maximum atomic E-state index is 9.22. The first-order valence-corrected chi connectivity index (χ1v) is 8.25. The summed E-state index contributed by atoms with van der Waals surface area (Å²) in [4.78, 5) is 1.95. The Hall–Kier alpha value is -3.00. The number of hydrogen-bond acceptors (Lipinski definition) is 4. The molecule has 0 spiro atoms. The van der Waals surface area contributed by atoms with Crippen LogP contribution in [0.5, 0.6) is 0 Å². The second kappa shape index (κ2) is 7.71. The van der Waals surface area contributed by atoms with Crippen molar-refractivity contribution in [2.45, 2.75) is 20.3 Å². The van der Waals surface area contributed by atoms with Gasteiger partial charge in [-0.05, 0) is 31.5 Å². The van der Waals surface area contributed by atoms with Crippen LogP contribution in [0.2, 0.25) is 0 Å². The molecule has 130 valence electrons. The van der Waals surface area contributed by atoms with E-state index in [1.54, 1.807) is 0 Å². The number of aryl methyl sites for hydroxylation is 2. The van der Waals surface area contributed by atoms with Crippen molar-refractivity contribution in [3.05, 3.63) is 65.8 Å². The van der Waals surface area contributed by atoms with E-state index in [1.807, 2.05) is 61.8 Å². The van der Waals surface area contributed by atoms with Crippen molar-refractivity contribution in [2.75, 3.05) is 13.6 Å². The van der Waals surface area contributed by atoms with Crippen LogP contribution in [0.1, 0.15) is 23.7 Å². The molecule has 0 aliphatic heterocycles. The van der Waals surface area contributed by atoms with Gasteiger partial charge in [-0.1, -0.05) is 25.3 Å². The van der Waals surface area contributed by atoms with Crippen molar-refractivity contribution in [1.29, 1.82) is 5.26 Å². The summed E-state index contributed by atoms with van der Waals surface area (Å²) < 4.78 is 1.86. The van der Waals surface area contributed by atoms with Gasteiger partial charge in [-0.3, -0.25) is 4.68 Å². The molecule has 25 heavy (non-hydrogen) atoms. The average molecular weight is 335 g/mol. The maximum Gasteiger partial charge on any atom is 0.0994 e. The van der Waals surface area contributed by atoms with Gasteiger partial charge >= 0.3 is 0 Å². The molecule has 2 rings (SSSR count). The van der Waals surface area contributed by atoms with Gasteiger partial charge in [0.1, 0.15) is 0 Å². The molecule has 0 radical (unpaired) electrons. The largest absolute Gasteiger partial charge is 0.372 e. The molecule has 0 unspecified atom stereocenters. The van der Waals surface area contributed by atoms with Gasteiger partial charge in [0.25, 0.3) is 0 Å². The normalized spacial score (nSPS) is 10.2. The summed E-state index contributed by atoms with van der Waals surface area (Å²) in [6, 6.07) is 10.1. The van der Waals surface area contributed by atoms with Gasteiger partial charge in [-0.15, -0.1) is 0 Å². The Morgan fingerprint density at radius 2 is 2.08 bits per heavy atom. The summed E-state index contributed by atoms with van der Waals surface area (Å²) in [5.41, 5.74) is 5.43. The third-order valence-electron chi connectivity index (χ3n) is 4.28. The Balaban J connectivity index is 2.22. The summed E-state index contributed by atoms with van der Waals surface area (Å²) in [6.07, 6.45) is 0.668. The summed E-state index contributed by atoms with van der Waals surface area (Å²) in [7, 11) is 3.87. The molecule has 0 saturated carbocycles. The monoisotopic (exact) mass is 335 g/mol. The van der Waals surface area contributed by atoms with E-state index in [4.69, 9.17) is 0 Å². The van der Waals surface area contributed by atoms with Gasteiger partial charge in [0, 0.05) is 44.0 Å². The lowest BCUT2D eigenvalue weighted by Gasteiger charge is -2.24. The minimum absolute atomic E-state index is 0.668. The van der Waals surface area contributed by atoms with E-state index in [0.717, 1.165) is 40.6 Å². The van der Waals surface area contributed by atoms with E-state index in [-0.39, 0.29) is 0 Å². The van der Waals surface area contributed by atoms with Crippen LogP contribution in [-0.2, 0) is 13.5 Å². The van der Waals surface area contributed by atoms with E-state index < -0.39 is 0 Å². The standard InChI is InChI=1S/C20H25N5/c1-7-22-16(4)24(5)15(3)10-19-12-20(23-25(19)6)17-9-8-14(2)18(11-17)13-21/h8-9,11-12,22H,3-4,7,10H2,1-2,5-6H3. The first-order chi connectivity index (χ1) is 11.9. The Morgan fingerprint density at radius 3 is 2.72 bits per heavy atom. The van der Waals surface area contributed by atoms with Crippen LogP contribution >= 0.6 is 0 Å². The Morgan fingerprint density at radius 1 is 1.36 bits per heavy atom.